The molecule has 3 aromatic heterocycles. The Morgan fingerprint density at radius 1 is 1.15 bits per heavy atom. The third-order valence-corrected chi connectivity index (χ3v) is 6.66. The highest BCUT2D eigenvalue weighted by Crippen LogP contribution is 2.31. The van der Waals surface area contributed by atoms with Crippen molar-refractivity contribution in [2.75, 3.05) is 5.32 Å². The number of hydrogen-bond acceptors (Lipinski definition) is 7. The van der Waals surface area contributed by atoms with Crippen molar-refractivity contribution < 1.29 is 18.6 Å². The van der Waals surface area contributed by atoms with Gasteiger partial charge in [0.05, 0.1) is 11.4 Å². The Kier molecular flexibility index (Phi) is 7.09. The van der Waals surface area contributed by atoms with Crippen molar-refractivity contribution in [3.8, 4) is 11.1 Å². The highest BCUT2D eigenvalue weighted by molar-refractivity contribution is 6.01. The zero-order chi connectivity index (χ0) is 24.2. The third kappa shape index (κ3) is 5.03. The quantitative estimate of drug-likeness (QED) is 0.528. The summed E-state index contributed by atoms with van der Waals surface area (Å²) < 4.78 is 10.2. The van der Waals surface area contributed by atoms with Crippen molar-refractivity contribution in [1.82, 2.24) is 20.6 Å². The van der Waals surface area contributed by atoms with Crippen LogP contribution in [0, 0.1) is 25.7 Å². The van der Waals surface area contributed by atoms with Gasteiger partial charge in [-0.1, -0.05) is 37.0 Å². The number of carbonyl (C=O) groups excluding carboxylic acids is 2. The van der Waals surface area contributed by atoms with Gasteiger partial charge >= 0.3 is 0 Å². The number of aromatic nitrogens is 3. The lowest BCUT2D eigenvalue weighted by Gasteiger charge is -2.32. The molecule has 2 amide bonds. The molecule has 2 N–H and O–H groups in total. The number of anilines is 1. The van der Waals surface area contributed by atoms with E-state index in [0.717, 1.165) is 42.5 Å². The van der Waals surface area contributed by atoms with Gasteiger partial charge in [0.25, 0.3) is 5.91 Å². The molecule has 0 bridgehead atoms. The van der Waals surface area contributed by atoms with Crippen LogP contribution in [0.2, 0.25) is 0 Å². The minimum atomic E-state index is -0.677. The van der Waals surface area contributed by atoms with E-state index in [4.69, 9.17) is 9.05 Å². The van der Waals surface area contributed by atoms with E-state index in [1.165, 1.54) is 6.26 Å². The van der Waals surface area contributed by atoms with Crippen molar-refractivity contribution in [3.63, 3.8) is 0 Å². The van der Waals surface area contributed by atoms with Crippen molar-refractivity contribution in [1.29, 1.82) is 0 Å². The summed E-state index contributed by atoms with van der Waals surface area (Å²) in [4.78, 5) is 30.7. The SMILES string of the molecule is CCc1nocc1C(=O)N[C@H](C(=O)Nc1ccc(-c2c(C)noc2C)cn1)[C@H]1CC[C@H](C)CC1. The third-order valence-electron chi connectivity index (χ3n) is 6.66. The number of pyridine rings is 1. The molecule has 1 fully saturated rings. The number of hydrogen-bond donors (Lipinski definition) is 2. The summed E-state index contributed by atoms with van der Waals surface area (Å²) in [5, 5.41) is 13.7. The Balaban J connectivity index is 1.51. The van der Waals surface area contributed by atoms with Crippen molar-refractivity contribution >= 4 is 17.6 Å². The number of nitrogens with one attached hydrogen (secondary N) is 2. The molecule has 0 saturated heterocycles. The van der Waals surface area contributed by atoms with Crippen LogP contribution in [0.4, 0.5) is 5.82 Å². The first kappa shape index (κ1) is 23.7. The van der Waals surface area contributed by atoms with Crippen LogP contribution in [-0.2, 0) is 11.2 Å². The largest absolute Gasteiger partial charge is 0.364 e. The molecule has 180 valence electrons. The highest BCUT2D eigenvalue weighted by atomic mass is 16.5. The lowest BCUT2D eigenvalue weighted by molar-refractivity contribution is -0.119. The number of amides is 2. The molecule has 0 unspecified atom stereocenters. The molecule has 0 aliphatic heterocycles. The van der Waals surface area contributed by atoms with E-state index in [0.29, 0.717) is 35.2 Å². The van der Waals surface area contributed by atoms with Crippen LogP contribution < -0.4 is 10.6 Å². The molecule has 0 aromatic carbocycles. The molecule has 1 aliphatic rings. The lowest BCUT2D eigenvalue weighted by Crippen LogP contribution is -2.49. The predicted molar refractivity (Wildman–Crippen MR) is 126 cm³/mol. The first-order valence-corrected chi connectivity index (χ1v) is 11.8. The van der Waals surface area contributed by atoms with E-state index in [2.05, 4.69) is 32.9 Å². The van der Waals surface area contributed by atoms with Gasteiger partial charge in [-0.15, -0.1) is 0 Å². The van der Waals surface area contributed by atoms with E-state index in [1.54, 1.807) is 12.3 Å². The molecule has 3 heterocycles. The summed E-state index contributed by atoms with van der Waals surface area (Å²) in [6, 6.07) is 2.94. The van der Waals surface area contributed by atoms with Crippen molar-refractivity contribution in [3.05, 3.63) is 47.3 Å². The van der Waals surface area contributed by atoms with Crippen LogP contribution in [0.25, 0.3) is 11.1 Å². The van der Waals surface area contributed by atoms with Gasteiger partial charge in [0.1, 0.15) is 29.4 Å². The normalized spacial score (nSPS) is 18.9. The molecule has 3 aromatic rings. The van der Waals surface area contributed by atoms with Crippen LogP contribution in [0.1, 0.15) is 67.0 Å². The Morgan fingerprint density at radius 3 is 2.53 bits per heavy atom. The van der Waals surface area contributed by atoms with E-state index in [-0.39, 0.29) is 17.7 Å². The highest BCUT2D eigenvalue weighted by Gasteiger charge is 2.33. The molecule has 4 rings (SSSR count). The number of nitrogens with zero attached hydrogens (tertiary/aromatic N) is 3. The van der Waals surface area contributed by atoms with Gasteiger partial charge < -0.3 is 19.7 Å². The summed E-state index contributed by atoms with van der Waals surface area (Å²) in [6.45, 7) is 7.85. The second-order valence-corrected chi connectivity index (χ2v) is 9.12. The van der Waals surface area contributed by atoms with Crippen LogP contribution in [0.3, 0.4) is 0 Å². The summed E-state index contributed by atoms with van der Waals surface area (Å²) in [6.07, 6.45) is 7.40. The summed E-state index contributed by atoms with van der Waals surface area (Å²) in [7, 11) is 0. The second-order valence-electron chi connectivity index (χ2n) is 9.12. The number of rotatable bonds is 7. The maximum Gasteiger partial charge on any atom is 0.257 e. The molecule has 1 atom stereocenters. The average molecular weight is 466 g/mol. The molecular weight excluding hydrogens is 434 g/mol. The minimum Gasteiger partial charge on any atom is -0.364 e. The fourth-order valence-electron chi connectivity index (χ4n) is 4.65. The molecule has 9 nitrogen and oxygen atoms in total. The van der Waals surface area contributed by atoms with Crippen LogP contribution >= 0.6 is 0 Å². The Bertz CT molecular complexity index is 1120. The van der Waals surface area contributed by atoms with Gasteiger partial charge in [0, 0.05) is 17.3 Å². The van der Waals surface area contributed by atoms with E-state index < -0.39 is 6.04 Å². The Labute approximate surface area is 198 Å². The van der Waals surface area contributed by atoms with Crippen molar-refractivity contribution in [2.45, 2.75) is 65.8 Å². The summed E-state index contributed by atoms with van der Waals surface area (Å²) >= 11 is 0. The average Bonchev–Trinajstić information content (AvgIpc) is 3.45. The van der Waals surface area contributed by atoms with Gasteiger partial charge in [-0.3, -0.25) is 9.59 Å². The second kappa shape index (κ2) is 10.2. The van der Waals surface area contributed by atoms with Gasteiger partial charge in [0.15, 0.2) is 0 Å². The molecular formula is C25H31N5O4. The first-order valence-electron chi connectivity index (χ1n) is 11.8. The van der Waals surface area contributed by atoms with Crippen molar-refractivity contribution in [2.24, 2.45) is 11.8 Å². The van der Waals surface area contributed by atoms with E-state index in [9.17, 15) is 9.59 Å². The number of aryl methyl sites for hydroxylation is 3. The van der Waals surface area contributed by atoms with Gasteiger partial charge in [-0.2, -0.15) is 0 Å². The van der Waals surface area contributed by atoms with E-state index >= 15 is 0 Å². The fraction of sp³-hybridized carbons (Fsp3) is 0.480. The monoisotopic (exact) mass is 465 g/mol. The molecule has 1 saturated carbocycles. The maximum absolute atomic E-state index is 13.3. The number of carbonyl (C=O) groups is 2. The molecule has 1 aliphatic carbocycles. The van der Waals surface area contributed by atoms with Gasteiger partial charge in [-0.05, 0) is 57.1 Å². The molecule has 0 radical (unpaired) electrons. The fourth-order valence-corrected chi connectivity index (χ4v) is 4.65. The lowest BCUT2D eigenvalue weighted by atomic mass is 9.79. The molecule has 0 spiro atoms. The van der Waals surface area contributed by atoms with Gasteiger partial charge in [-0.25, -0.2) is 4.98 Å². The molecule has 34 heavy (non-hydrogen) atoms. The maximum atomic E-state index is 13.3. The van der Waals surface area contributed by atoms with Gasteiger partial charge in [0.2, 0.25) is 5.91 Å². The standard InChI is InChI=1S/C25H31N5O4/c1-5-20-19(13-33-30-20)24(31)28-23(17-8-6-14(2)7-9-17)25(32)27-21-11-10-18(12-26-21)22-15(3)29-34-16(22)4/h10-14,17,23H,5-9H2,1-4H3,(H,28,31)(H,26,27,32)/t14-,17-,23-/m0/s1. The zero-order valence-corrected chi connectivity index (χ0v) is 20.1. The minimum absolute atomic E-state index is 0.0478. The zero-order valence-electron chi connectivity index (χ0n) is 20.1. The van der Waals surface area contributed by atoms with E-state index in [1.807, 2.05) is 26.8 Å². The van der Waals surface area contributed by atoms with Crippen LogP contribution in [0.5, 0.6) is 0 Å². The predicted octanol–water partition coefficient (Wildman–Crippen LogP) is 4.47. The first-order chi connectivity index (χ1) is 16.4. The summed E-state index contributed by atoms with van der Waals surface area (Å²) in [5.74, 6) is 1.18. The smallest absolute Gasteiger partial charge is 0.257 e. The topological polar surface area (TPSA) is 123 Å². The summed E-state index contributed by atoms with van der Waals surface area (Å²) in [5.41, 5.74) is 3.48. The van der Waals surface area contributed by atoms with Crippen LogP contribution in [-0.4, -0.2) is 33.2 Å². The van der Waals surface area contributed by atoms with Crippen LogP contribution in [0.15, 0.2) is 33.6 Å². The molecule has 9 heteroatoms. The Hall–Kier alpha value is -3.49. The Morgan fingerprint density at radius 2 is 1.91 bits per heavy atom.